The van der Waals surface area contributed by atoms with Gasteiger partial charge in [-0.25, -0.2) is 13.2 Å². The lowest BCUT2D eigenvalue weighted by Gasteiger charge is -1.98. The summed E-state index contributed by atoms with van der Waals surface area (Å²) in [7, 11) is 0. The Morgan fingerprint density at radius 3 is 1.44 bits per heavy atom. The third-order valence-corrected chi connectivity index (χ3v) is 1.01. The number of rotatable bonds is 3. The van der Waals surface area contributed by atoms with Gasteiger partial charge in [0.05, 0.1) is 6.42 Å². The molecule has 0 rings (SSSR count). The lowest BCUT2D eigenvalue weighted by Crippen LogP contribution is -2.07. The third kappa shape index (κ3) is 17.2. The molecule has 0 spiro atoms. The maximum Gasteiger partial charge on any atom is 0.392 e. The van der Waals surface area contributed by atoms with E-state index in [9.17, 15) is 43.9 Å². The van der Waals surface area contributed by atoms with Crippen molar-refractivity contribution >= 4 is 0 Å². The summed E-state index contributed by atoms with van der Waals surface area (Å²) in [6.45, 7) is 0. The fourth-order valence-electron chi connectivity index (χ4n) is 0.386. The highest BCUT2D eigenvalue weighted by Gasteiger charge is 2.25. The summed E-state index contributed by atoms with van der Waals surface area (Å²) < 4.78 is 110. The molecule has 0 N–H and O–H groups in total. The van der Waals surface area contributed by atoms with E-state index in [0.29, 0.717) is 0 Å². The molecule has 0 fully saturated rings. The second-order valence-corrected chi connectivity index (χ2v) is 2.55. The number of hydrogen-bond donors (Lipinski definition) is 0. The Labute approximate surface area is 94.6 Å². The van der Waals surface area contributed by atoms with E-state index >= 15 is 0 Å². The maximum absolute atomic E-state index is 11.5. The van der Waals surface area contributed by atoms with Crippen molar-refractivity contribution in [1.29, 1.82) is 0 Å². The first kappa shape index (κ1) is 19.1. The minimum atomic E-state index is -4.52. The van der Waals surface area contributed by atoms with Gasteiger partial charge in [-0.1, -0.05) is 0 Å². The largest absolute Gasteiger partial charge is 0.392 e. The van der Waals surface area contributed by atoms with Gasteiger partial charge in [-0.3, -0.25) is 0 Å². The molecule has 0 nitrogen and oxygen atoms in total. The monoisotopic (exact) mass is 292 g/mol. The van der Waals surface area contributed by atoms with Gasteiger partial charge in [0.15, 0.2) is 6.17 Å². The van der Waals surface area contributed by atoms with Crippen LogP contribution in [-0.2, 0) is 0 Å². The van der Waals surface area contributed by atoms with Crippen LogP contribution in [0.4, 0.5) is 43.9 Å². The fraction of sp³-hybridized carbons (Fsp3) is 0.500. The number of halogens is 10. The van der Waals surface area contributed by atoms with Gasteiger partial charge in [-0.05, 0) is 6.08 Å². The van der Waals surface area contributed by atoms with Crippen LogP contribution in [0.15, 0.2) is 24.3 Å². The molecule has 10 heteroatoms. The predicted octanol–water partition coefficient (Wildman–Crippen LogP) is 5.09. The van der Waals surface area contributed by atoms with E-state index < -0.39 is 43.4 Å². The normalized spacial score (nSPS) is 12.4. The van der Waals surface area contributed by atoms with E-state index in [2.05, 4.69) is 0 Å². The zero-order chi connectivity index (χ0) is 14.9. The highest BCUT2D eigenvalue weighted by molar-refractivity contribution is 4.89. The lowest BCUT2D eigenvalue weighted by atomic mass is 10.4. The number of alkyl halides is 6. The maximum atomic E-state index is 11.5. The SMILES string of the molecule is FC(F)=CC(F)C(F)F.FC(F)=CCC(F)(F)F. The predicted molar refractivity (Wildman–Crippen MR) is 42.2 cm³/mol. The summed E-state index contributed by atoms with van der Waals surface area (Å²) in [6, 6.07) is 0. The van der Waals surface area contributed by atoms with Crippen LogP contribution in [0, 0.1) is 0 Å². The van der Waals surface area contributed by atoms with Crippen molar-refractivity contribution in [2.45, 2.75) is 25.2 Å². The van der Waals surface area contributed by atoms with Gasteiger partial charge < -0.3 is 0 Å². The van der Waals surface area contributed by atoms with Crippen LogP contribution in [0.1, 0.15) is 6.42 Å². The first-order chi connectivity index (χ1) is 7.95. The highest BCUT2D eigenvalue weighted by Crippen LogP contribution is 2.20. The zero-order valence-electron chi connectivity index (χ0n) is 8.30. The van der Waals surface area contributed by atoms with Crippen molar-refractivity contribution in [3.8, 4) is 0 Å². The molecular formula is C8H6F10. The van der Waals surface area contributed by atoms with Crippen LogP contribution in [-0.4, -0.2) is 18.8 Å². The summed E-state index contributed by atoms with van der Waals surface area (Å²) in [5, 5.41) is 0. The number of hydrogen-bond acceptors (Lipinski definition) is 0. The van der Waals surface area contributed by atoms with Gasteiger partial charge in [-0.15, -0.1) is 0 Å². The van der Waals surface area contributed by atoms with Gasteiger partial charge in [0.25, 0.3) is 18.6 Å². The quantitative estimate of drug-likeness (QED) is 0.636. The molecule has 0 aromatic heterocycles. The Morgan fingerprint density at radius 1 is 0.889 bits per heavy atom. The Morgan fingerprint density at radius 2 is 1.33 bits per heavy atom. The average Bonchev–Trinajstić information content (AvgIpc) is 2.13. The van der Waals surface area contributed by atoms with Crippen LogP contribution >= 0.6 is 0 Å². The molecule has 0 saturated carbocycles. The van der Waals surface area contributed by atoms with E-state index in [1.165, 1.54) is 0 Å². The van der Waals surface area contributed by atoms with Crippen molar-refractivity contribution in [2.75, 3.05) is 0 Å². The highest BCUT2D eigenvalue weighted by atomic mass is 19.4. The molecule has 0 aromatic rings. The molecule has 0 radical (unpaired) electrons. The van der Waals surface area contributed by atoms with E-state index in [4.69, 9.17) is 0 Å². The Kier molecular flexibility index (Phi) is 9.36. The number of allylic oxidation sites excluding steroid dienone is 2. The minimum absolute atomic E-state index is 0.167. The Balaban J connectivity index is 0. The molecule has 0 bridgehead atoms. The van der Waals surface area contributed by atoms with E-state index in [1.54, 1.807) is 0 Å². The minimum Gasteiger partial charge on any atom is -0.236 e. The van der Waals surface area contributed by atoms with Crippen molar-refractivity contribution in [3.05, 3.63) is 24.3 Å². The third-order valence-electron chi connectivity index (χ3n) is 1.01. The van der Waals surface area contributed by atoms with Gasteiger partial charge in [-0.2, -0.15) is 30.7 Å². The topological polar surface area (TPSA) is 0 Å². The Bertz CT molecular complexity index is 268. The summed E-state index contributed by atoms with van der Waals surface area (Å²) >= 11 is 0. The molecule has 0 aromatic carbocycles. The second-order valence-electron chi connectivity index (χ2n) is 2.55. The summed E-state index contributed by atoms with van der Waals surface area (Å²) in [6.07, 6.45) is -17.6. The van der Waals surface area contributed by atoms with Crippen molar-refractivity contribution in [3.63, 3.8) is 0 Å². The lowest BCUT2D eigenvalue weighted by molar-refractivity contribution is -0.125. The molecule has 108 valence electrons. The molecule has 0 aliphatic rings. The fourth-order valence-corrected chi connectivity index (χ4v) is 0.386. The van der Waals surface area contributed by atoms with Gasteiger partial charge in [0, 0.05) is 6.08 Å². The first-order valence-corrected chi connectivity index (χ1v) is 3.98. The van der Waals surface area contributed by atoms with Crippen LogP contribution in [0.25, 0.3) is 0 Å². The molecule has 0 heterocycles. The second kappa shape index (κ2) is 8.81. The molecule has 1 atom stereocenters. The molecule has 1 unspecified atom stereocenters. The molecule has 0 aliphatic heterocycles. The van der Waals surface area contributed by atoms with Crippen LogP contribution < -0.4 is 0 Å². The van der Waals surface area contributed by atoms with Crippen LogP contribution in [0.3, 0.4) is 0 Å². The average molecular weight is 292 g/mol. The summed E-state index contributed by atoms with van der Waals surface area (Å²) in [5.41, 5.74) is 0. The van der Waals surface area contributed by atoms with Crippen LogP contribution in [0.2, 0.25) is 0 Å². The van der Waals surface area contributed by atoms with Gasteiger partial charge in [0.2, 0.25) is 0 Å². The van der Waals surface area contributed by atoms with Crippen molar-refractivity contribution < 1.29 is 43.9 Å². The smallest absolute Gasteiger partial charge is 0.236 e. The van der Waals surface area contributed by atoms with E-state index in [-0.39, 0.29) is 6.08 Å². The zero-order valence-corrected chi connectivity index (χ0v) is 8.30. The molecular weight excluding hydrogens is 286 g/mol. The van der Waals surface area contributed by atoms with Crippen molar-refractivity contribution in [2.24, 2.45) is 0 Å². The molecule has 0 amide bonds. The first-order valence-electron chi connectivity index (χ1n) is 3.98. The summed E-state index contributed by atoms with van der Waals surface area (Å²) in [4.78, 5) is 0. The van der Waals surface area contributed by atoms with Crippen LogP contribution in [0.5, 0.6) is 0 Å². The molecule has 0 aliphatic carbocycles. The molecule has 18 heavy (non-hydrogen) atoms. The summed E-state index contributed by atoms with van der Waals surface area (Å²) in [5.74, 6) is 0. The molecule has 0 saturated heterocycles. The van der Waals surface area contributed by atoms with Gasteiger partial charge in [0.1, 0.15) is 0 Å². The standard InChI is InChI=1S/2C4H3F5/c5-3(6)1-2-4(7,8)9;5-2(4(8)9)1-3(6)7/h1H,2H2;1-2,4H. The van der Waals surface area contributed by atoms with E-state index in [0.717, 1.165) is 0 Å². The van der Waals surface area contributed by atoms with E-state index in [1.807, 2.05) is 0 Å². The van der Waals surface area contributed by atoms with Gasteiger partial charge >= 0.3 is 6.18 Å². The Hall–Kier alpha value is -1.22. The van der Waals surface area contributed by atoms with Crippen molar-refractivity contribution in [1.82, 2.24) is 0 Å².